The summed E-state index contributed by atoms with van der Waals surface area (Å²) in [6.45, 7) is 8.74. The Morgan fingerprint density at radius 2 is 2.00 bits per heavy atom. The fourth-order valence-corrected chi connectivity index (χ4v) is 3.60. The van der Waals surface area contributed by atoms with Crippen LogP contribution in [0.3, 0.4) is 0 Å². The largest absolute Gasteiger partial charge is 0.345 e. The molecule has 3 rings (SSSR count). The number of hydrogen-bond acceptors (Lipinski definition) is 5. The van der Waals surface area contributed by atoms with Crippen LogP contribution in [-0.2, 0) is 0 Å². The van der Waals surface area contributed by atoms with Crippen LogP contribution in [0.1, 0.15) is 19.4 Å². The minimum atomic E-state index is 0.616. The van der Waals surface area contributed by atoms with Gasteiger partial charge in [-0.25, -0.2) is 4.98 Å². The molecule has 1 saturated heterocycles. The van der Waals surface area contributed by atoms with Gasteiger partial charge >= 0.3 is 0 Å². The number of piperazine rings is 1. The highest BCUT2D eigenvalue weighted by molar-refractivity contribution is 7.22. The molecule has 1 aliphatic heterocycles. The third-order valence-corrected chi connectivity index (χ3v) is 4.90. The first kappa shape index (κ1) is 13.3. The summed E-state index contributed by atoms with van der Waals surface area (Å²) in [6, 6.07) is 8.51. The summed E-state index contributed by atoms with van der Waals surface area (Å²) >= 11 is 1.69. The number of nitrogens with zero attached hydrogens (tertiary/aromatic N) is 4. The lowest BCUT2D eigenvalue weighted by atomic mass is 10.2. The van der Waals surface area contributed by atoms with Crippen molar-refractivity contribution in [2.45, 2.75) is 19.9 Å². The van der Waals surface area contributed by atoms with Crippen molar-refractivity contribution < 1.29 is 0 Å². The number of fused-ring (bicyclic) bond motifs is 1. The fourth-order valence-electron chi connectivity index (χ4n) is 2.55. The van der Waals surface area contributed by atoms with Crippen molar-refractivity contribution in [2.24, 2.45) is 0 Å². The molecule has 1 aromatic carbocycles. The number of anilines is 1. The molecular formula is C15H18N4S. The predicted octanol–water partition coefficient (Wildman–Crippen LogP) is 2.70. The lowest BCUT2D eigenvalue weighted by Gasteiger charge is -2.36. The standard InChI is InChI=1S/C15H18N4S/c1-11(2)18-5-7-19(8-6-18)15-17-13-4-3-12(10-16)9-14(13)20-15/h3-4,9,11H,5-8H2,1-2H3. The zero-order valence-corrected chi connectivity index (χ0v) is 12.7. The molecule has 104 valence electrons. The Morgan fingerprint density at radius 3 is 2.65 bits per heavy atom. The second-order valence-electron chi connectivity index (χ2n) is 5.41. The number of hydrogen-bond donors (Lipinski definition) is 0. The molecule has 2 heterocycles. The van der Waals surface area contributed by atoms with E-state index in [2.05, 4.69) is 29.7 Å². The average molecular weight is 286 g/mol. The molecule has 0 bridgehead atoms. The number of benzene rings is 1. The van der Waals surface area contributed by atoms with Gasteiger partial charge in [-0.2, -0.15) is 5.26 Å². The fraction of sp³-hybridized carbons (Fsp3) is 0.467. The van der Waals surface area contributed by atoms with Gasteiger partial charge in [0.2, 0.25) is 0 Å². The van der Waals surface area contributed by atoms with Gasteiger partial charge in [0.25, 0.3) is 0 Å². The maximum atomic E-state index is 8.95. The topological polar surface area (TPSA) is 43.2 Å². The van der Waals surface area contributed by atoms with Crippen molar-refractivity contribution in [2.75, 3.05) is 31.1 Å². The Balaban J connectivity index is 1.80. The van der Waals surface area contributed by atoms with E-state index in [0.29, 0.717) is 11.6 Å². The molecule has 1 aliphatic rings. The number of thiazole rings is 1. The molecular weight excluding hydrogens is 268 g/mol. The van der Waals surface area contributed by atoms with E-state index in [4.69, 9.17) is 10.2 Å². The molecule has 0 spiro atoms. The molecule has 0 atom stereocenters. The zero-order chi connectivity index (χ0) is 14.1. The van der Waals surface area contributed by atoms with E-state index in [1.54, 1.807) is 11.3 Å². The Morgan fingerprint density at radius 1 is 1.25 bits per heavy atom. The lowest BCUT2D eigenvalue weighted by Crippen LogP contribution is -2.48. The first-order valence-corrected chi connectivity index (χ1v) is 7.79. The SMILES string of the molecule is CC(C)N1CCN(c2nc3ccc(C#N)cc3s2)CC1. The average Bonchev–Trinajstić information content (AvgIpc) is 2.90. The highest BCUT2D eigenvalue weighted by Gasteiger charge is 2.21. The van der Waals surface area contributed by atoms with E-state index in [0.717, 1.165) is 41.5 Å². The van der Waals surface area contributed by atoms with Crippen LogP contribution < -0.4 is 4.90 Å². The van der Waals surface area contributed by atoms with Crippen molar-refractivity contribution in [3.8, 4) is 6.07 Å². The summed E-state index contributed by atoms with van der Waals surface area (Å²) in [6.07, 6.45) is 0. The molecule has 0 radical (unpaired) electrons. The molecule has 1 aromatic heterocycles. The predicted molar refractivity (Wildman–Crippen MR) is 83.3 cm³/mol. The van der Waals surface area contributed by atoms with Crippen molar-refractivity contribution >= 4 is 26.7 Å². The first-order chi connectivity index (χ1) is 9.67. The normalized spacial score (nSPS) is 16.8. The van der Waals surface area contributed by atoms with Crippen LogP contribution in [-0.4, -0.2) is 42.1 Å². The van der Waals surface area contributed by atoms with Gasteiger partial charge in [-0.1, -0.05) is 11.3 Å². The van der Waals surface area contributed by atoms with Gasteiger partial charge in [0.1, 0.15) is 0 Å². The van der Waals surface area contributed by atoms with Crippen LogP contribution in [0.2, 0.25) is 0 Å². The van der Waals surface area contributed by atoms with Crippen molar-refractivity contribution in [3.05, 3.63) is 23.8 Å². The molecule has 4 nitrogen and oxygen atoms in total. The third-order valence-electron chi connectivity index (χ3n) is 3.82. The maximum absolute atomic E-state index is 8.95. The highest BCUT2D eigenvalue weighted by atomic mass is 32.1. The number of nitriles is 1. The number of rotatable bonds is 2. The summed E-state index contributed by atoms with van der Waals surface area (Å²) in [7, 11) is 0. The summed E-state index contributed by atoms with van der Waals surface area (Å²) in [5.41, 5.74) is 1.70. The van der Waals surface area contributed by atoms with Crippen molar-refractivity contribution in [1.82, 2.24) is 9.88 Å². The van der Waals surface area contributed by atoms with Crippen LogP contribution in [0.4, 0.5) is 5.13 Å². The van der Waals surface area contributed by atoms with Gasteiger partial charge in [0.05, 0.1) is 21.8 Å². The van der Waals surface area contributed by atoms with Gasteiger partial charge in [-0.15, -0.1) is 0 Å². The van der Waals surface area contributed by atoms with Crippen LogP contribution >= 0.6 is 11.3 Å². The van der Waals surface area contributed by atoms with Crippen LogP contribution in [0, 0.1) is 11.3 Å². The molecule has 0 amide bonds. The Bertz CT molecular complexity index is 647. The smallest absolute Gasteiger partial charge is 0.186 e. The molecule has 0 N–H and O–H groups in total. The van der Waals surface area contributed by atoms with Crippen LogP contribution in [0.25, 0.3) is 10.2 Å². The highest BCUT2D eigenvalue weighted by Crippen LogP contribution is 2.30. The second-order valence-corrected chi connectivity index (χ2v) is 6.42. The van der Waals surface area contributed by atoms with Gasteiger partial charge in [-0.3, -0.25) is 4.90 Å². The molecule has 0 unspecified atom stereocenters. The molecule has 1 fully saturated rings. The Kier molecular flexibility index (Phi) is 3.60. The maximum Gasteiger partial charge on any atom is 0.186 e. The van der Waals surface area contributed by atoms with Crippen LogP contribution in [0.5, 0.6) is 0 Å². The second kappa shape index (κ2) is 5.39. The number of aromatic nitrogens is 1. The Labute approximate surface area is 123 Å². The van der Waals surface area contributed by atoms with Gasteiger partial charge < -0.3 is 4.90 Å². The van der Waals surface area contributed by atoms with Gasteiger partial charge in [-0.05, 0) is 32.0 Å². The van der Waals surface area contributed by atoms with E-state index in [1.165, 1.54) is 0 Å². The molecule has 0 saturated carbocycles. The summed E-state index contributed by atoms with van der Waals surface area (Å²) in [4.78, 5) is 9.55. The third kappa shape index (κ3) is 2.49. The molecule has 20 heavy (non-hydrogen) atoms. The van der Waals surface area contributed by atoms with E-state index in [-0.39, 0.29) is 0 Å². The minimum Gasteiger partial charge on any atom is -0.345 e. The van der Waals surface area contributed by atoms with Crippen molar-refractivity contribution in [3.63, 3.8) is 0 Å². The quantitative estimate of drug-likeness (QED) is 0.851. The molecule has 5 heteroatoms. The van der Waals surface area contributed by atoms with Crippen molar-refractivity contribution in [1.29, 1.82) is 5.26 Å². The van der Waals surface area contributed by atoms with E-state index in [9.17, 15) is 0 Å². The first-order valence-electron chi connectivity index (χ1n) is 6.97. The zero-order valence-electron chi connectivity index (χ0n) is 11.8. The van der Waals surface area contributed by atoms with E-state index in [1.807, 2.05) is 18.2 Å². The van der Waals surface area contributed by atoms with Gasteiger partial charge in [0.15, 0.2) is 5.13 Å². The molecule has 0 aliphatic carbocycles. The molecule has 2 aromatic rings. The Hall–Kier alpha value is -1.64. The van der Waals surface area contributed by atoms with Gasteiger partial charge in [0, 0.05) is 32.2 Å². The van der Waals surface area contributed by atoms with Crippen LogP contribution in [0.15, 0.2) is 18.2 Å². The summed E-state index contributed by atoms with van der Waals surface area (Å²) in [5, 5.41) is 10.0. The minimum absolute atomic E-state index is 0.616. The van der Waals surface area contributed by atoms with E-state index < -0.39 is 0 Å². The monoisotopic (exact) mass is 286 g/mol. The van der Waals surface area contributed by atoms with E-state index >= 15 is 0 Å². The summed E-state index contributed by atoms with van der Waals surface area (Å²) < 4.78 is 1.10. The lowest BCUT2D eigenvalue weighted by molar-refractivity contribution is 0.209. The summed E-state index contributed by atoms with van der Waals surface area (Å²) in [5.74, 6) is 0.